The largest absolute Gasteiger partial charge is 0.372 e. The SMILES string of the molecule is CC(=O)NCC1CCN(c2ccccc2)CC1.Cl. The number of nitrogens with zero attached hydrogens (tertiary/aromatic N) is 1. The molecule has 1 aliphatic heterocycles. The second-order valence-electron chi connectivity index (χ2n) is 4.70. The van der Waals surface area contributed by atoms with Crippen molar-refractivity contribution in [2.24, 2.45) is 5.92 Å². The summed E-state index contributed by atoms with van der Waals surface area (Å²) in [7, 11) is 0. The summed E-state index contributed by atoms with van der Waals surface area (Å²) in [5.74, 6) is 0.717. The molecule has 0 unspecified atom stereocenters. The number of nitrogens with one attached hydrogen (secondary N) is 1. The summed E-state index contributed by atoms with van der Waals surface area (Å²) in [6, 6.07) is 10.5. The molecule has 2 rings (SSSR count). The lowest BCUT2D eigenvalue weighted by atomic mass is 9.96. The van der Waals surface area contributed by atoms with E-state index >= 15 is 0 Å². The Bertz CT molecular complexity index is 361. The Morgan fingerprint density at radius 2 is 1.89 bits per heavy atom. The molecule has 0 aliphatic carbocycles. The van der Waals surface area contributed by atoms with Crippen molar-refractivity contribution in [1.82, 2.24) is 5.32 Å². The standard InChI is InChI=1S/C14H20N2O.ClH/c1-12(17)15-11-13-7-9-16(10-8-13)14-5-3-2-4-6-14;/h2-6,13H,7-11H2,1H3,(H,15,17);1H. The summed E-state index contributed by atoms with van der Waals surface area (Å²) in [4.78, 5) is 13.3. The molecular weight excluding hydrogens is 248 g/mol. The van der Waals surface area contributed by atoms with Gasteiger partial charge in [-0.15, -0.1) is 12.4 Å². The Morgan fingerprint density at radius 3 is 2.44 bits per heavy atom. The van der Waals surface area contributed by atoms with E-state index < -0.39 is 0 Å². The Kier molecular flexibility index (Phi) is 5.99. The van der Waals surface area contributed by atoms with E-state index in [1.54, 1.807) is 6.92 Å². The first kappa shape index (κ1) is 14.8. The Morgan fingerprint density at radius 1 is 1.28 bits per heavy atom. The van der Waals surface area contributed by atoms with Crippen molar-refractivity contribution >= 4 is 24.0 Å². The van der Waals surface area contributed by atoms with E-state index in [2.05, 4.69) is 34.5 Å². The summed E-state index contributed by atoms with van der Waals surface area (Å²) in [5, 5.41) is 2.91. The molecule has 0 spiro atoms. The van der Waals surface area contributed by atoms with E-state index in [1.807, 2.05) is 6.07 Å². The van der Waals surface area contributed by atoms with Gasteiger partial charge in [-0.05, 0) is 30.9 Å². The molecule has 0 atom stereocenters. The number of hydrogen-bond acceptors (Lipinski definition) is 2. The molecule has 100 valence electrons. The molecule has 0 bridgehead atoms. The topological polar surface area (TPSA) is 32.3 Å². The van der Waals surface area contributed by atoms with Crippen LogP contribution in [-0.4, -0.2) is 25.5 Å². The van der Waals surface area contributed by atoms with Crippen molar-refractivity contribution in [3.63, 3.8) is 0 Å². The summed E-state index contributed by atoms with van der Waals surface area (Å²) < 4.78 is 0. The van der Waals surface area contributed by atoms with Gasteiger partial charge in [0.1, 0.15) is 0 Å². The zero-order chi connectivity index (χ0) is 12.1. The lowest BCUT2D eigenvalue weighted by Crippen LogP contribution is -2.38. The van der Waals surface area contributed by atoms with Gasteiger partial charge in [0.25, 0.3) is 0 Å². The number of carbonyl (C=O) groups excluding carboxylic acids is 1. The van der Waals surface area contributed by atoms with Gasteiger partial charge in [-0.3, -0.25) is 4.79 Å². The third-order valence-corrected chi connectivity index (χ3v) is 3.38. The third kappa shape index (κ3) is 4.22. The highest BCUT2D eigenvalue weighted by atomic mass is 35.5. The van der Waals surface area contributed by atoms with Gasteiger partial charge in [0.2, 0.25) is 5.91 Å². The van der Waals surface area contributed by atoms with Gasteiger partial charge in [0.15, 0.2) is 0 Å². The van der Waals surface area contributed by atoms with E-state index in [0.29, 0.717) is 5.92 Å². The van der Waals surface area contributed by atoms with Crippen LogP contribution in [0, 0.1) is 5.92 Å². The van der Waals surface area contributed by atoms with Crippen molar-refractivity contribution in [1.29, 1.82) is 0 Å². The van der Waals surface area contributed by atoms with E-state index in [1.165, 1.54) is 5.69 Å². The molecule has 1 saturated heterocycles. The Labute approximate surface area is 115 Å². The van der Waals surface area contributed by atoms with Gasteiger partial charge in [-0.25, -0.2) is 0 Å². The predicted molar refractivity (Wildman–Crippen MR) is 77.3 cm³/mol. The van der Waals surface area contributed by atoms with Crippen molar-refractivity contribution in [2.45, 2.75) is 19.8 Å². The maximum absolute atomic E-state index is 10.9. The molecule has 1 aliphatic rings. The van der Waals surface area contributed by atoms with Crippen molar-refractivity contribution in [2.75, 3.05) is 24.5 Å². The normalized spacial score (nSPS) is 15.9. The minimum Gasteiger partial charge on any atom is -0.372 e. The van der Waals surface area contributed by atoms with Crippen LogP contribution in [0.4, 0.5) is 5.69 Å². The number of benzene rings is 1. The molecule has 3 nitrogen and oxygen atoms in total. The van der Waals surface area contributed by atoms with Crippen LogP contribution >= 0.6 is 12.4 Å². The molecule has 1 aromatic rings. The maximum atomic E-state index is 10.9. The quantitative estimate of drug-likeness (QED) is 0.913. The van der Waals surface area contributed by atoms with Crippen molar-refractivity contribution in [3.05, 3.63) is 30.3 Å². The van der Waals surface area contributed by atoms with Gasteiger partial charge < -0.3 is 10.2 Å². The van der Waals surface area contributed by atoms with Crippen molar-refractivity contribution in [3.8, 4) is 0 Å². The number of para-hydroxylation sites is 1. The highest BCUT2D eigenvalue weighted by Gasteiger charge is 2.19. The monoisotopic (exact) mass is 268 g/mol. The Hall–Kier alpha value is -1.22. The first-order chi connectivity index (χ1) is 8.25. The lowest BCUT2D eigenvalue weighted by Gasteiger charge is -2.33. The van der Waals surface area contributed by atoms with Crippen LogP contribution in [0.2, 0.25) is 0 Å². The first-order valence-corrected chi connectivity index (χ1v) is 6.30. The fraction of sp³-hybridized carbons (Fsp3) is 0.500. The number of rotatable bonds is 3. The molecule has 1 fully saturated rings. The summed E-state index contributed by atoms with van der Waals surface area (Å²) in [5.41, 5.74) is 1.31. The molecule has 0 radical (unpaired) electrons. The molecular formula is C14H21ClN2O. The number of anilines is 1. The van der Waals surface area contributed by atoms with E-state index in [9.17, 15) is 4.79 Å². The lowest BCUT2D eigenvalue weighted by molar-refractivity contribution is -0.119. The average Bonchev–Trinajstić information content (AvgIpc) is 2.38. The van der Waals surface area contributed by atoms with Crippen LogP contribution in [0.1, 0.15) is 19.8 Å². The number of halogens is 1. The number of piperidine rings is 1. The number of amides is 1. The fourth-order valence-corrected chi connectivity index (χ4v) is 2.32. The summed E-state index contributed by atoms with van der Waals surface area (Å²) in [6.45, 7) is 4.60. The molecule has 1 heterocycles. The first-order valence-electron chi connectivity index (χ1n) is 6.30. The summed E-state index contributed by atoms with van der Waals surface area (Å²) in [6.07, 6.45) is 2.32. The zero-order valence-electron chi connectivity index (χ0n) is 10.8. The minimum absolute atomic E-state index is 0. The second-order valence-corrected chi connectivity index (χ2v) is 4.70. The molecule has 1 N–H and O–H groups in total. The molecule has 18 heavy (non-hydrogen) atoms. The van der Waals surface area contributed by atoms with E-state index in [-0.39, 0.29) is 18.3 Å². The van der Waals surface area contributed by atoms with Crippen molar-refractivity contribution < 1.29 is 4.79 Å². The van der Waals surface area contributed by atoms with Gasteiger partial charge in [-0.2, -0.15) is 0 Å². The average molecular weight is 269 g/mol. The van der Waals surface area contributed by atoms with Gasteiger partial charge in [0.05, 0.1) is 0 Å². The maximum Gasteiger partial charge on any atom is 0.216 e. The highest BCUT2D eigenvalue weighted by molar-refractivity contribution is 5.85. The molecule has 4 heteroatoms. The van der Waals surface area contributed by atoms with Crippen LogP contribution in [0.15, 0.2) is 30.3 Å². The smallest absolute Gasteiger partial charge is 0.216 e. The van der Waals surface area contributed by atoms with Crippen LogP contribution < -0.4 is 10.2 Å². The van der Waals surface area contributed by atoms with Crippen LogP contribution in [0.25, 0.3) is 0 Å². The molecule has 0 aromatic heterocycles. The second kappa shape index (κ2) is 7.27. The fourth-order valence-electron chi connectivity index (χ4n) is 2.32. The van der Waals surface area contributed by atoms with Gasteiger partial charge >= 0.3 is 0 Å². The molecule has 1 amide bonds. The van der Waals surface area contributed by atoms with Crippen LogP contribution in [0.3, 0.4) is 0 Å². The summed E-state index contributed by atoms with van der Waals surface area (Å²) >= 11 is 0. The van der Waals surface area contributed by atoms with Crippen LogP contribution in [-0.2, 0) is 4.79 Å². The number of carbonyl (C=O) groups is 1. The molecule has 1 aromatic carbocycles. The molecule has 0 saturated carbocycles. The minimum atomic E-state index is 0. The van der Waals surface area contributed by atoms with Gasteiger partial charge in [0, 0.05) is 32.2 Å². The zero-order valence-corrected chi connectivity index (χ0v) is 11.6. The van der Waals surface area contributed by atoms with E-state index in [0.717, 1.165) is 32.5 Å². The number of hydrogen-bond donors (Lipinski definition) is 1. The van der Waals surface area contributed by atoms with Gasteiger partial charge in [-0.1, -0.05) is 18.2 Å². The Balaban J connectivity index is 0.00000162. The third-order valence-electron chi connectivity index (χ3n) is 3.38. The highest BCUT2D eigenvalue weighted by Crippen LogP contribution is 2.22. The van der Waals surface area contributed by atoms with Crippen LogP contribution in [0.5, 0.6) is 0 Å². The predicted octanol–water partition coefficient (Wildman–Crippen LogP) is 2.46. The van der Waals surface area contributed by atoms with E-state index in [4.69, 9.17) is 0 Å².